The largest absolute Gasteiger partial charge is 0.357 e. The number of guanidine groups is 1. The van der Waals surface area contributed by atoms with E-state index in [1.54, 1.807) is 12.1 Å². The highest BCUT2D eigenvalue weighted by Gasteiger charge is 2.23. The molecule has 28 heavy (non-hydrogen) atoms. The molecule has 0 amide bonds. The van der Waals surface area contributed by atoms with Gasteiger partial charge in [0.2, 0.25) is 10.0 Å². The zero-order valence-electron chi connectivity index (χ0n) is 17.4. The van der Waals surface area contributed by atoms with Gasteiger partial charge in [0.1, 0.15) is 0 Å². The van der Waals surface area contributed by atoms with Gasteiger partial charge in [-0.05, 0) is 69.2 Å². The van der Waals surface area contributed by atoms with E-state index in [-0.39, 0.29) is 28.9 Å². The van der Waals surface area contributed by atoms with Crippen LogP contribution in [0.4, 0.5) is 0 Å². The second-order valence-electron chi connectivity index (χ2n) is 7.55. The molecule has 0 unspecified atom stereocenters. The Labute approximate surface area is 187 Å². The summed E-state index contributed by atoms with van der Waals surface area (Å²) in [6, 6.07) is 7.33. The number of benzene rings is 1. The molecule has 0 radical (unpaired) electrons. The Bertz CT molecular complexity index is 712. The normalized spacial score (nSPS) is 20.5. The Hall–Kier alpha value is -0.870. The molecule has 3 N–H and O–H groups in total. The minimum atomic E-state index is -3.40. The van der Waals surface area contributed by atoms with Gasteiger partial charge < -0.3 is 10.6 Å². The van der Waals surface area contributed by atoms with Gasteiger partial charge in [0.05, 0.1) is 11.4 Å². The number of aliphatic imine (C=N–C) groups is 1. The van der Waals surface area contributed by atoms with Gasteiger partial charge in [0.25, 0.3) is 0 Å². The molecule has 1 aromatic rings. The van der Waals surface area contributed by atoms with Gasteiger partial charge >= 0.3 is 0 Å². The van der Waals surface area contributed by atoms with Gasteiger partial charge in [-0.25, -0.2) is 18.1 Å². The van der Waals surface area contributed by atoms with Gasteiger partial charge in [0, 0.05) is 12.6 Å². The zero-order valence-corrected chi connectivity index (χ0v) is 20.5. The standard InChI is InChI=1S/C20H34N4O2S.HI/c1-5-22-20(24-18-10-8-17(9-11-18)15(2)3)23-14-16-6-12-19(13-7-16)27(25,26)21-4;/h6-7,12-13,15,17-18,21H,5,8-11,14H2,1-4H3,(H2,22,23,24);1H. The van der Waals surface area contributed by atoms with Crippen molar-refractivity contribution in [2.75, 3.05) is 13.6 Å². The molecule has 1 fully saturated rings. The lowest BCUT2D eigenvalue weighted by Gasteiger charge is -2.32. The molecular formula is C20H35IN4O2S. The summed E-state index contributed by atoms with van der Waals surface area (Å²) in [5.74, 6) is 2.44. The van der Waals surface area contributed by atoms with E-state index in [9.17, 15) is 8.42 Å². The topological polar surface area (TPSA) is 82.6 Å². The van der Waals surface area contributed by atoms with Crippen molar-refractivity contribution in [3.05, 3.63) is 29.8 Å². The summed E-state index contributed by atoms with van der Waals surface area (Å²) in [4.78, 5) is 4.94. The van der Waals surface area contributed by atoms with Gasteiger partial charge in [-0.1, -0.05) is 26.0 Å². The van der Waals surface area contributed by atoms with Crippen LogP contribution in [0.1, 0.15) is 52.0 Å². The minimum absolute atomic E-state index is 0. The average Bonchev–Trinajstić information content (AvgIpc) is 2.67. The number of nitrogens with zero attached hydrogens (tertiary/aromatic N) is 1. The van der Waals surface area contributed by atoms with Crippen molar-refractivity contribution in [2.45, 2.75) is 63.9 Å². The van der Waals surface area contributed by atoms with Gasteiger partial charge in [0.15, 0.2) is 5.96 Å². The summed E-state index contributed by atoms with van der Waals surface area (Å²) in [5, 5.41) is 6.88. The fraction of sp³-hybridized carbons (Fsp3) is 0.650. The Kier molecular flexibility index (Phi) is 10.8. The van der Waals surface area contributed by atoms with Crippen LogP contribution in [-0.2, 0) is 16.6 Å². The number of hydrogen-bond donors (Lipinski definition) is 3. The lowest BCUT2D eigenvalue weighted by Crippen LogP contribution is -2.45. The molecule has 0 spiro atoms. The van der Waals surface area contributed by atoms with Crippen LogP contribution >= 0.6 is 24.0 Å². The van der Waals surface area contributed by atoms with E-state index in [0.29, 0.717) is 12.6 Å². The van der Waals surface area contributed by atoms with Crippen LogP contribution < -0.4 is 15.4 Å². The Morgan fingerprint density at radius 1 is 1.14 bits per heavy atom. The van der Waals surface area contributed by atoms with Crippen LogP contribution in [0, 0.1) is 11.8 Å². The average molecular weight is 522 g/mol. The third kappa shape index (κ3) is 7.51. The molecule has 0 heterocycles. The molecule has 1 aliphatic carbocycles. The van der Waals surface area contributed by atoms with Crippen LogP contribution in [0.5, 0.6) is 0 Å². The van der Waals surface area contributed by atoms with Crippen LogP contribution in [0.2, 0.25) is 0 Å². The summed E-state index contributed by atoms with van der Waals surface area (Å²) >= 11 is 0. The van der Waals surface area contributed by atoms with E-state index in [4.69, 9.17) is 0 Å². The smallest absolute Gasteiger partial charge is 0.240 e. The van der Waals surface area contributed by atoms with Crippen molar-refractivity contribution in [3.8, 4) is 0 Å². The maximum Gasteiger partial charge on any atom is 0.240 e. The number of rotatable bonds is 7. The Morgan fingerprint density at radius 3 is 2.25 bits per heavy atom. The molecule has 1 saturated carbocycles. The molecule has 0 bridgehead atoms. The molecule has 8 heteroatoms. The van der Waals surface area contributed by atoms with Crippen molar-refractivity contribution in [2.24, 2.45) is 16.8 Å². The summed E-state index contributed by atoms with van der Waals surface area (Å²) in [7, 11) is -1.98. The third-order valence-corrected chi connectivity index (χ3v) is 6.75. The molecule has 1 aliphatic rings. The van der Waals surface area contributed by atoms with Gasteiger partial charge in [-0.2, -0.15) is 0 Å². The van der Waals surface area contributed by atoms with Crippen LogP contribution in [0.3, 0.4) is 0 Å². The summed E-state index contributed by atoms with van der Waals surface area (Å²) < 4.78 is 25.9. The number of hydrogen-bond acceptors (Lipinski definition) is 3. The fourth-order valence-corrected chi connectivity index (χ4v) is 4.24. The number of halogens is 1. The van der Waals surface area contributed by atoms with Gasteiger partial charge in [-0.3, -0.25) is 0 Å². The first kappa shape index (κ1) is 25.2. The summed E-state index contributed by atoms with van der Waals surface area (Å²) in [6.07, 6.45) is 4.92. The summed E-state index contributed by atoms with van der Waals surface area (Å²) in [5.41, 5.74) is 0.978. The second-order valence-corrected chi connectivity index (χ2v) is 9.43. The maximum absolute atomic E-state index is 11.8. The van der Waals surface area contributed by atoms with Gasteiger partial charge in [-0.15, -0.1) is 24.0 Å². The minimum Gasteiger partial charge on any atom is -0.357 e. The molecule has 1 aromatic carbocycles. The monoisotopic (exact) mass is 522 g/mol. The van der Waals surface area contributed by atoms with E-state index in [2.05, 4.69) is 41.1 Å². The summed E-state index contributed by atoms with van der Waals surface area (Å²) in [6.45, 7) is 8.02. The van der Waals surface area contributed by atoms with Crippen molar-refractivity contribution in [3.63, 3.8) is 0 Å². The highest BCUT2D eigenvalue weighted by atomic mass is 127. The van der Waals surface area contributed by atoms with E-state index in [1.165, 1.54) is 32.7 Å². The van der Waals surface area contributed by atoms with Crippen molar-refractivity contribution < 1.29 is 8.42 Å². The van der Waals surface area contributed by atoms with E-state index >= 15 is 0 Å². The molecule has 6 nitrogen and oxygen atoms in total. The quantitative estimate of drug-likeness (QED) is 0.291. The van der Waals surface area contributed by atoms with E-state index < -0.39 is 10.0 Å². The van der Waals surface area contributed by atoms with E-state index in [0.717, 1.165) is 29.9 Å². The first-order valence-electron chi connectivity index (χ1n) is 9.93. The number of nitrogens with one attached hydrogen (secondary N) is 3. The SMILES string of the molecule is CCNC(=NCc1ccc(S(=O)(=O)NC)cc1)NC1CCC(C(C)C)CC1.I. The molecule has 160 valence electrons. The Morgan fingerprint density at radius 2 is 1.75 bits per heavy atom. The van der Waals surface area contributed by atoms with E-state index in [1.807, 2.05) is 12.1 Å². The second kappa shape index (κ2) is 12.0. The molecule has 0 atom stereocenters. The first-order chi connectivity index (χ1) is 12.9. The number of sulfonamides is 1. The van der Waals surface area contributed by atoms with Crippen molar-refractivity contribution in [1.29, 1.82) is 0 Å². The van der Waals surface area contributed by atoms with Crippen LogP contribution in [0.15, 0.2) is 34.2 Å². The highest BCUT2D eigenvalue weighted by Crippen LogP contribution is 2.29. The molecule has 0 aliphatic heterocycles. The first-order valence-corrected chi connectivity index (χ1v) is 11.4. The third-order valence-electron chi connectivity index (χ3n) is 5.32. The van der Waals surface area contributed by atoms with Crippen LogP contribution in [0.25, 0.3) is 0 Å². The highest BCUT2D eigenvalue weighted by molar-refractivity contribution is 14.0. The Balaban J connectivity index is 0.00000392. The fourth-order valence-electron chi connectivity index (χ4n) is 3.51. The van der Waals surface area contributed by atoms with Crippen LogP contribution in [-0.4, -0.2) is 34.0 Å². The molecular weight excluding hydrogens is 487 g/mol. The predicted octanol–water partition coefficient (Wildman–Crippen LogP) is 3.48. The van der Waals surface area contributed by atoms with Crippen molar-refractivity contribution >= 4 is 40.0 Å². The predicted molar refractivity (Wildman–Crippen MR) is 127 cm³/mol. The molecule has 2 rings (SSSR count). The lowest BCUT2D eigenvalue weighted by atomic mass is 9.80. The lowest BCUT2D eigenvalue weighted by molar-refractivity contribution is 0.250. The molecule has 0 aromatic heterocycles. The maximum atomic E-state index is 11.8. The zero-order chi connectivity index (χ0) is 19.9. The molecule has 0 saturated heterocycles. The van der Waals surface area contributed by atoms with Crippen molar-refractivity contribution in [1.82, 2.24) is 15.4 Å².